The van der Waals surface area contributed by atoms with Crippen LogP contribution in [-0.4, -0.2) is 15.9 Å². The van der Waals surface area contributed by atoms with E-state index < -0.39 is 5.91 Å². The lowest BCUT2D eigenvalue weighted by Crippen LogP contribution is -2.08. The summed E-state index contributed by atoms with van der Waals surface area (Å²) in [6, 6.07) is 4.13. The number of aryl methyl sites for hydroxylation is 2. The molecule has 0 atom stereocenters. The van der Waals surface area contributed by atoms with Gasteiger partial charge in [-0.3, -0.25) is 14.8 Å². The molecule has 0 aromatic carbocycles. The van der Waals surface area contributed by atoms with Gasteiger partial charge in [-0.05, 0) is 43.4 Å². The van der Waals surface area contributed by atoms with Crippen LogP contribution in [0.2, 0.25) is 0 Å². The molecule has 0 bridgehead atoms. The van der Waals surface area contributed by atoms with E-state index >= 15 is 0 Å². The molecule has 3 aromatic heterocycles. The maximum absolute atomic E-state index is 11.5. The summed E-state index contributed by atoms with van der Waals surface area (Å²) in [6.07, 6.45) is 12.8. The van der Waals surface area contributed by atoms with Crippen molar-refractivity contribution in [3.63, 3.8) is 0 Å². The Morgan fingerprint density at radius 1 is 1.04 bits per heavy atom. The van der Waals surface area contributed by atoms with Crippen LogP contribution in [0.3, 0.4) is 0 Å². The van der Waals surface area contributed by atoms with Crippen LogP contribution in [0, 0.1) is 0 Å². The zero-order chi connectivity index (χ0) is 16.5. The summed E-state index contributed by atoms with van der Waals surface area (Å²) in [6.45, 7) is 0. The summed E-state index contributed by atoms with van der Waals surface area (Å²) in [5.41, 5.74) is 10.1. The van der Waals surface area contributed by atoms with Crippen LogP contribution in [0.1, 0.15) is 46.6 Å². The molecule has 3 heterocycles. The van der Waals surface area contributed by atoms with E-state index in [1.807, 2.05) is 18.5 Å². The molecule has 1 aliphatic rings. The number of primary amides is 1. The molecule has 0 unspecified atom stereocenters. The number of pyridine rings is 2. The Hall–Kier alpha value is -2.27. The molecule has 0 fully saturated rings. The van der Waals surface area contributed by atoms with Gasteiger partial charge in [-0.15, -0.1) is 11.3 Å². The van der Waals surface area contributed by atoms with Gasteiger partial charge in [0.1, 0.15) is 0 Å². The van der Waals surface area contributed by atoms with Gasteiger partial charge in [0.25, 0.3) is 5.91 Å². The lowest BCUT2D eigenvalue weighted by Gasteiger charge is -2.14. The van der Waals surface area contributed by atoms with Crippen molar-refractivity contribution < 1.29 is 4.79 Å². The predicted octanol–water partition coefficient (Wildman–Crippen LogP) is 4.12. The average Bonchev–Trinajstić information content (AvgIpc) is 3.00. The Labute approximate surface area is 144 Å². The van der Waals surface area contributed by atoms with E-state index in [1.54, 1.807) is 6.20 Å². The predicted molar refractivity (Wildman–Crippen MR) is 97.2 cm³/mol. The van der Waals surface area contributed by atoms with Gasteiger partial charge in [-0.25, -0.2) is 0 Å². The molecule has 5 heteroatoms. The van der Waals surface area contributed by atoms with Crippen molar-refractivity contribution in [1.29, 1.82) is 0 Å². The van der Waals surface area contributed by atoms with Crippen LogP contribution in [0.25, 0.3) is 21.2 Å². The molecular weight excluding hydrogens is 318 g/mol. The van der Waals surface area contributed by atoms with Crippen LogP contribution in [0.5, 0.6) is 0 Å². The van der Waals surface area contributed by atoms with E-state index in [1.165, 1.54) is 48.3 Å². The highest BCUT2D eigenvalue weighted by atomic mass is 32.1. The van der Waals surface area contributed by atoms with Crippen LogP contribution < -0.4 is 5.73 Å². The maximum atomic E-state index is 11.5. The van der Waals surface area contributed by atoms with E-state index in [0.29, 0.717) is 4.88 Å². The van der Waals surface area contributed by atoms with Crippen molar-refractivity contribution >= 4 is 27.3 Å². The van der Waals surface area contributed by atoms with E-state index in [0.717, 1.165) is 34.1 Å². The number of hydrogen-bond acceptors (Lipinski definition) is 4. The second kappa shape index (κ2) is 6.32. The topological polar surface area (TPSA) is 68.9 Å². The molecular formula is C19H19N3OS. The van der Waals surface area contributed by atoms with Gasteiger partial charge in [0.2, 0.25) is 0 Å². The van der Waals surface area contributed by atoms with Crippen molar-refractivity contribution in [2.45, 2.75) is 38.5 Å². The zero-order valence-corrected chi connectivity index (χ0v) is 14.2. The normalized spacial score (nSPS) is 14.8. The van der Waals surface area contributed by atoms with Gasteiger partial charge in [0.05, 0.1) is 9.58 Å². The Morgan fingerprint density at radius 3 is 2.71 bits per heavy atom. The van der Waals surface area contributed by atoms with Crippen molar-refractivity contribution in [1.82, 2.24) is 9.97 Å². The van der Waals surface area contributed by atoms with Crippen molar-refractivity contribution in [2.24, 2.45) is 5.73 Å². The molecule has 1 aliphatic carbocycles. The summed E-state index contributed by atoms with van der Waals surface area (Å²) in [5, 5.41) is 1.02. The standard InChI is InChI=1S/C19H19N3OS/c20-19(23)17-8-14-15(10-21-11-18(14)24-17)13-7-12-5-3-1-2-4-6-16(12)22-9-13/h7-11H,1-6H2,(H2,20,23). The fourth-order valence-corrected chi connectivity index (χ4v) is 4.31. The fraction of sp³-hybridized carbons (Fsp3) is 0.316. The summed E-state index contributed by atoms with van der Waals surface area (Å²) in [5.74, 6) is -0.390. The third kappa shape index (κ3) is 2.80. The molecule has 4 rings (SSSR count). The van der Waals surface area contributed by atoms with Gasteiger partial charge in [-0.2, -0.15) is 0 Å². The number of hydrogen-bond donors (Lipinski definition) is 1. The largest absolute Gasteiger partial charge is 0.365 e. The first-order valence-electron chi connectivity index (χ1n) is 8.38. The van der Waals surface area contributed by atoms with E-state index in [9.17, 15) is 4.79 Å². The van der Waals surface area contributed by atoms with Crippen molar-refractivity contribution in [3.8, 4) is 11.1 Å². The monoisotopic (exact) mass is 337 g/mol. The number of nitrogens with two attached hydrogens (primary N) is 1. The smallest absolute Gasteiger partial charge is 0.258 e. The van der Waals surface area contributed by atoms with Crippen LogP contribution in [-0.2, 0) is 12.8 Å². The summed E-state index contributed by atoms with van der Waals surface area (Å²) < 4.78 is 0.980. The third-order valence-corrected chi connectivity index (χ3v) is 5.75. The molecule has 122 valence electrons. The van der Waals surface area contributed by atoms with E-state index in [2.05, 4.69) is 11.1 Å². The summed E-state index contributed by atoms with van der Waals surface area (Å²) >= 11 is 1.39. The Morgan fingerprint density at radius 2 is 1.88 bits per heavy atom. The van der Waals surface area contributed by atoms with Gasteiger partial charge in [0.15, 0.2) is 0 Å². The minimum absolute atomic E-state index is 0.390. The summed E-state index contributed by atoms with van der Waals surface area (Å²) in [4.78, 5) is 21.1. The number of amides is 1. The number of thiophene rings is 1. The molecule has 0 spiro atoms. The zero-order valence-electron chi connectivity index (χ0n) is 13.4. The maximum Gasteiger partial charge on any atom is 0.258 e. The Balaban J connectivity index is 1.82. The minimum atomic E-state index is -0.390. The Kier molecular flexibility index (Phi) is 4.02. The number of fused-ring (bicyclic) bond motifs is 2. The van der Waals surface area contributed by atoms with E-state index in [-0.39, 0.29) is 0 Å². The second-order valence-electron chi connectivity index (χ2n) is 6.32. The fourth-order valence-electron chi connectivity index (χ4n) is 3.40. The molecule has 1 amide bonds. The highest BCUT2D eigenvalue weighted by Gasteiger charge is 2.14. The number of rotatable bonds is 2. The van der Waals surface area contributed by atoms with Crippen LogP contribution >= 0.6 is 11.3 Å². The summed E-state index contributed by atoms with van der Waals surface area (Å²) in [7, 11) is 0. The van der Waals surface area contributed by atoms with Crippen LogP contribution in [0.4, 0.5) is 0 Å². The first kappa shape index (κ1) is 15.3. The van der Waals surface area contributed by atoms with Gasteiger partial charge < -0.3 is 5.73 Å². The highest BCUT2D eigenvalue weighted by molar-refractivity contribution is 7.20. The molecule has 0 saturated carbocycles. The number of carbonyl (C=O) groups is 1. The second-order valence-corrected chi connectivity index (χ2v) is 7.40. The lowest BCUT2D eigenvalue weighted by molar-refractivity contribution is 0.100. The molecule has 24 heavy (non-hydrogen) atoms. The van der Waals surface area contributed by atoms with Gasteiger partial charge in [-0.1, -0.05) is 12.8 Å². The molecule has 0 aliphatic heterocycles. The quantitative estimate of drug-likeness (QED) is 0.765. The first-order chi connectivity index (χ1) is 11.7. The molecule has 0 radical (unpaired) electrons. The number of aromatic nitrogens is 2. The molecule has 0 saturated heterocycles. The highest BCUT2D eigenvalue weighted by Crippen LogP contribution is 2.34. The number of nitrogens with zero attached hydrogens (tertiary/aromatic N) is 2. The van der Waals surface area contributed by atoms with Crippen molar-refractivity contribution in [2.75, 3.05) is 0 Å². The van der Waals surface area contributed by atoms with Gasteiger partial charge >= 0.3 is 0 Å². The lowest BCUT2D eigenvalue weighted by atomic mass is 9.94. The third-order valence-electron chi connectivity index (χ3n) is 4.67. The molecule has 2 N–H and O–H groups in total. The molecule has 3 aromatic rings. The van der Waals surface area contributed by atoms with Gasteiger partial charge in [0, 0.05) is 40.8 Å². The number of carbonyl (C=O) groups excluding carboxylic acids is 1. The van der Waals surface area contributed by atoms with E-state index in [4.69, 9.17) is 10.7 Å². The van der Waals surface area contributed by atoms with Crippen molar-refractivity contribution in [3.05, 3.63) is 46.9 Å². The molecule has 4 nitrogen and oxygen atoms in total. The average molecular weight is 337 g/mol. The SMILES string of the molecule is NC(=O)c1cc2c(-c3cnc4c(c3)CCCCCC4)cncc2s1. The minimum Gasteiger partial charge on any atom is -0.365 e. The van der Waals surface area contributed by atoms with Crippen LogP contribution in [0.15, 0.2) is 30.7 Å². The first-order valence-corrected chi connectivity index (χ1v) is 9.19. The Bertz CT molecular complexity index is 916.